The molecule has 0 saturated carbocycles. The number of carbonyl (C=O) groups excluding carboxylic acids is 2. The summed E-state index contributed by atoms with van der Waals surface area (Å²) in [5.74, 6) is -0.564. The van der Waals surface area contributed by atoms with Gasteiger partial charge < -0.3 is 14.6 Å². The fourth-order valence-electron chi connectivity index (χ4n) is 1.25. The van der Waals surface area contributed by atoms with Crippen LogP contribution < -0.4 is 0 Å². The highest BCUT2D eigenvalue weighted by Crippen LogP contribution is 2.03. The Morgan fingerprint density at radius 2 is 1.94 bits per heavy atom. The van der Waals surface area contributed by atoms with E-state index in [2.05, 4.69) is 0 Å². The predicted molar refractivity (Wildman–Crippen MR) is 62.4 cm³/mol. The van der Waals surface area contributed by atoms with E-state index in [-0.39, 0.29) is 18.5 Å². The second-order valence-corrected chi connectivity index (χ2v) is 3.92. The predicted octanol–water partition coefficient (Wildman–Crippen LogP) is 1.42. The number of ether oxygens (including phenoxy) is 2. The molecule has 0 fully saturated rings. The minimum atomic E-state index is -0.631. The number of unbranched alkanes of at least 4 members (excludes halogenated alkanes) is 1. The van der Waals surface area contributed by atoms with E-state index in [4.69, 9.17) is 9.47 Å². The summed E-state index contributed by atoms with van der Waals surface area (Å²) in [4.78, 5) is 21.5. The lowest BCUT2D eigenvalue weighted by atomic mass is 10.2. The number of hydrogen-bond acceptors (Lipinski definition) is 5. The second kappa shape index (κ2) is 10.1. The maximum Gasteiger partial charge on any atom is 0.305 e. The van der Waals surface area contributed by atoms with Gasteiger partial charge in [-0.3, -0.25) is 9.59 Å². The first-order valence-corrected chi connectivity index (χ1v) is 6.03. The minimum absolute atomic E-state index is 0.0480. The lowest BCUT2D eigenvalue weighted by molar-refractivity contribution is -0.147. The normalized spacial score (nSPS) is 11.9. The number of esters is 2. The summed E-state index contributed by atoms with van der Waals surface area (Å²) in [7, 11) is 0. The van der Waals surface area contributed by atoms with Gasteiger partial charge in [-0.05, 0) is 25.7 Å². The summed E-state index contributed by atoms with van der Waals surface area (Å²) in [5.41, 5.74) is 0. The fourth-order valence-corrected chi connectivity index (χ4v) is 1.25. The molecule has 17 heavy (non-hydrogen) atoms. The maximum absolute atomic E-state index is 11.0. The van der Waals surface area contributed by atoms with Crippen molar-refractivity contribution in [1.82, 2.24) is 0 Å². The average molecular weight is 246 g/mol. The number of hydrogen-bond donors (Lipinski definition) is 1. The van der Waals surface area contributed by atoms with Crippen LogP contribution >= 0.6 is 0 Å². The Bertz CT molecular complexity index is 227. The van der Waals surface area contributed by atoms with E-state index in [1.165, 1.54) is 6.92 Å². The molecule has 0 aliphatic carbocycles. The SMILES string of the molecule is CCCC(=O)OC[C@H](O)CCCCOC(C)=O. The van der Waals surface area contributed by atoms with Gasteiger partial charge in [-0.2, -0.15) is 0 Å². The van der Waals surface area contributed by atoms with E-state index in [1.807, 2.05) is 6.92 Å². The highest BCUT2D eigenvalue weighted by molar-refractivity contribution is 5.69. The first-order chi connectivity index (χ1) is 8.06. The molecule has 1 N–H and O–H groups in total. The minimum Gasteiger partial charge on any atom is -0.466 e. The Kier molecular flexibility index (Phi) is 9.43. The molecule has 0 aliphatic rings. The van der Waals surface area contributed by atoms with Crippen molar-refractivity contribution in [2.24, 2.45) is 0 Å². The zero-order chi connectivity index (χ0) is 13.1. The molecule has 0 bridgehead atoms. The molecule has 0 amide bonds. The molecule has 0 heterocycles. The Hall–Kier alpha value is -1.10. The molecule has 0 saturated heterocycles. The highest BCUT2D eigenvalue weighted by Gasteiger charge is 2.08. The molecule has 5 nitrogen and oxygen atoms in total. The Balaban J connectivity index is 3.37. The van der Waals surface area contributed by atoms with Gasteiger partial charge in [-0.1, -0.05) is 6.92 Å². The van der Waals surface area contributed by atoms with Crippen molar-refractivity contribution in [3.05, 3.63) is 0 Å². The Labute approximate surface area is 102 Å². The van der Waals surface area contributed by atoms with Crippen LogP contribution in [0.2, 0.25) is 0 Å². The van der Waals surface area contributed by atoms with Crippen LogP contribution in [0.4, 0.5) is 0 Å². The topological polar surface area (TPSA) is 72.8 Å². The van der Waals surface area contributed by atoms with Crippen molar-refractivity contribution >= 4 is 11.9 Å². The zero-order valence-electron chi connectivity index (χ0n) is 10.6. The largest absolute Gasteiger partial charge is 0.466 e. The van der Waals surface area contributed by atoms with E-state index in [0.717, 1.165) is 12.8 Å². The third-order valence-electron chi connectivity index (χ3n) is 2.13. The van der Waals surface area contributed by atoms with E-state index in [1.54, 1.807) is 0 Å². The van der Waals surface area contributed by atoms with Gasteiger partial charge in [0.25, 0.3) is 0 Å². The van der Waals surface area contributed by atoms with Gasteiger partial charge in [0.05, 0.1) is 12.7 Å². The van der Waals surface area contributed by atoms with Gasteiger partial charge in [0, 0.05) is 13.3 Å². The van der Waals surface area contributed by atoms with Crippen molar-refractivity contribution in [2.45, 2.75) is 52.1 Å². The van der Waals surface area contributed by atoms with Crippen LogP contribution in [0.25, 0.3) is 0 Å². The molecule has 0 aromatic heterocycles. The molecule has 0 rings (SSSR count). The second-order valence-electron chi connectivity index (χ2n) is 3.92. The number of aliphatic hydroxyl groups excluding tert-OH is 1. The zero-order valence-corrected chi connectivity index (χ0v) is 10.6. The van der Waals surface area contributed by atoms with Crippen molar-refractivity contribution in [2.75, 3.05) is 13.2 Å². The van der Waals surface area contributed by atoms with Crippen molar-refractivity contribution in [1.29, 1.82) is 0 Å². The van der Waals surface area contributed by atoms with Gasteiger partial charge in [-0.25, -0.2) is 0 Å². The molecule has 0 unspecified atom stereocenters. The lowest BCUT2D eigenvalue weighted by Crippen LogP contribution is -2.18. The van der Waals surface area contributed by atoms with Gasteiger partial charge in [0.15, 0.2) is 0 Å². The molecule has 0 aromatic carbocycles. The maximum atomic E-state index is 11.0. The van der Waals surface area contributed by atoms with Crippen molar-refractivity contribution in [3.8, 4) is 0 Å². The number of aliphatic hydroxyl groups is 1. The van der Waals surface area contributed by atoms with E-state index >= 15 is 0 Å². The molecular formula is C12H22O5. The van der Waals surface area contributed by atoms with Crippen LogP contribution in [0.5, 0.6) is 0 Å². The molecule has 0 spiro atoms. The van der Waals surface area contributed by atoms with Crippen LogP contribution in [0, 0.1) is 0 Å². The van der Waals surface area contributed by atoms with Gasteiger partial charge in [-0.15, -0.1) is 0 Å². The van der Waals surface area contributed by atoms with E-state index in [9.17, 15) is 14.7 Å². The lowest BCUT2D eigenvalue weighted by Gasteiger charge is -2.10. The van der Waals surface area contributed by atoms with Crippen LogP contribution in [0.15, 0.2) is 0 Å². The van der Waals surface area contributed by atoms with Gasteiger partial charge in [0.1, 0.15) is 6.61 Å². The van der Waals surface area contributed by atoms with Crippen LogP contribution in [0.3, 0.4) is 0 Å². The summed E-state index contributed by atoms with van der Waals surface area (Å²) in [6.45, 7) is 3.68. The van der Waals surface area contributed by atoms with Crippen LogP contribution in [-0.4, -0.2) is 36.4 Å². The summed E-state index contributed by atoms with van der Waals surface area (Å²) in [6.07, 6.45) is 2.49. The first kappa shape index (κ1) is 15.9. The van der Waals surface area contributed by atoms with Crippen molar-refractivity contribution < 1.29 is 24.2 Å². The highest BCUT2D eigenvalue weighted by atomic mass is 16.5. The summed E-state index contributed by atoms with van der Waals surface area (Å²) in [6, 6.07) is 0. The Morgan fingerprint density at radius 1 is 1.24 bits per heavy atom. The molecule has 100 valence electrons. The smallest absolute Gasteiger partial charge is 0.305 e. The molecule has 0 aliphatic heterocycles. The number of rotatable bonds is 9. The molecule has 0 radical (unpaired) electrons. The standard InChI is InChI=1S/C12H22O5/c1-3-6-12(15)17-9-11(14)7-4-5-8-16-10(2)13/h11,14H,3-9H2,1-2H3/t11-/m1/s1. The van der Waals surface area contributed by atoms with Crippen LogP contribution in [0.1, 0.15) is 46.0 Å². The molecule has 0 aromatic rings. The molecule has 5 heteroatoms. The van der Waals surface area contributed by atoms with Crippen LogP contribution in [-0.2, 0) is 19.1 Å². The third kappa shape index (κ3) is 11.2. The number of carbonyl (C=O) groups is 2. The summed E-state index contributed by atoms with van der Waals surface area (Å²) in [5, 5.41) is 9.49. The third-order valence-corrected chi connectivity index (χ3v) is 2.13. The summed E-state index contributed by atoms with van der Waals surface area (Å²) >= 11 is 0. The quantitative estimate of drug-likeness (QED) is 0.492. The van der Waals surface area contributed by atoms with Gasteiger partial charge >= 0.3 is 11.9 Å². The fraction of sp³-hybridized carbons (Fsp3) is 0.833. The molecular weight excluding hydrogens is 224 g/mol. The monoisotopic (exact) mass is 246 g/mol. The van der Waals surface area contributed by atoms with Gasteiger partial charge in [0.2, 0.25) is 0 Å². The molecule has 1 atom stereocenters. The Morgan fingerprint density at radius 3 is 2.53 bits per heavy atom. The summed E-state index contributed by atoms with van der Waals surface area (Å²) < 4.78 is 9.61. The first-order valence-electron chi connectivity index (χ1n) is 6.03. The average Bonchev–Trinajstić information content (AvgIpc) is 2.26. The van der Waals surface area contributed by atoms with Crippen molar-refractivity contribution in [3.63, 3.8) is 0 Å². The van der Waals surface area contributed by atoms with E-state index in [0.29, 0.717) is 25.9 Å². The van der Waals surface area contributed by atoms with E-state index < -0.39 is 6.10 Å².